The highest BCUT2D eigenvalue weighted by molar-refractivity contribution is 5.96. The van der Waals surface area contributed by atoms with E-state index in [0.717, 1.165) is 49.3 Å². The molecule has 2 aliphatic rings. The zero-order valence-corrected chi connectivity index (χ0v) is 13.4. The number of pyridine rings is 1. The summed E-state index contributed by atoms with van der Waals surface area (Å²) in [7, 11) is 0. The Morgan fingerprint density at radius 2 is 2.00 bits per heavy atom. The van der Waals surface area contributed by atoms with Crippen LogP contribution in [-0.2, 0) is 11.2 Å². The number of aryl methyl sites for hydroxylation is 1. The topological polar surface area (TPSA) is 54.0 Å². The van der Waals surface area contributed by atoms with Crippen LogP contribution in [0.15, 0.2) is 36.4 Å². The van der Waals surface area contributed by atoms with Crippen LogP contribution in [0.25, 0.3) is 0 Å². The molecular formula is C19H20FN3O. The van der Waals surface area contributed by atoms with Gasteiger partial charge in [-0.05, 0) is 68.0 Å². The lowest BCUT2D eigenvalue weighted by atomic mass is 9.96. The second kappa shape index (κ2) is 6.23. The van der Waals surface area contributed by atoms with Crippen molar-refractivity contribution < 1.29 is 9.18 Å². The lowest BCUT2D eigenvalue weighted by Crippen LogP contribution is -2.24. The Bertz CT molecular complexity index is 756. The van der Waals surface area contributed by atoms with Gasteiger partial charge >= 0.3 is 0 Å². The highest BCUT2D eigenvalue weighted by Gasteiger charge is 2.38. The lowest BCUT2D eigenvalue weighted by Gasteiger charge is -2.21. The average Bonchev–Trinajstić information content (AvgIpc) is 3.42. The number of fused-ring (bicyclic) bond motifs is 1. The molecule has 0 spiro atoms. The summed E-state index contributed by atoms with van der Waals surface area (Å²) in [5.74, 6) is -0.245. The molecule has 1 fully saturated rings. The minimum Gasteiger partial charge on any atom is -0.384 e. The second-order valence-corrected chi connectivity index (χ2v) is 6.57. The Kier molecular flexibility index (Phi) is 3.92. The van der Waals surface area contributed by atoms with Crippen molar-refractivity contribution in [1.82, 2.24) is 4.98 Å². The van der Waals surface area contributed by atoms with Gasteiger partial charge in [-0.25, -0.2) is 4.39 Å². The van der Waals surface area contributed by atoms with Crippen molar-refractivity contribution in [3.63, 3.8) is 0 Å². The summed E-state index contributed by atoms with van der Waals surface area (Å²) < 4.78 is 13.0. The third-order valence-corrected chi connectivity index (χ3v) is 4.71. The Hall–Kier alpha value is -2.43. The smallest absolute Gasteiger partial charge is 0.233 e. The van der Waals surface area contributed by atoms with Crippen LogP contribution in [0, 0.1) is 11.7 Å². The number of aromatic nitrogens is 1. The van der Waals surface area contributed by atoms with Crippen LogP contribution in [0.4, 0.5) is 15.8 Å². The number of nitrogens with zero attached hydrogens (tertiary/aromatic N) is 1. The van der Waals surface area contributed by atoms with Gasteiger partial charge in [-0.1, -0.05) is 0 Å². The first-order chi connectivity index (χ1) is 11.7. The highest BCUT2D eigenvalue weighted by atomic mass is 19.1. The first-order valence-electron chi connectivity index (χ1n) is 8.51. The normalized spacial score (nSPS) is 17.5. The van der Waals surface area contributed by atoms with Crippen molar-refractivity contribution in [3.05, 3.63) is 53.6 Å². The molecule has 1 saturated carbocycles. The van der Waals surface area contributed by atoms with Crippen LogP contribution >= 0.6 is 0 Å². The number of carbonyl (C=O) groups excluding carboxylic acids is 1. The molecule has 2 N–H and O–H groups in total. The maximum Gasteiger partial charge on any atom is 0.233 e. The summed E-state index contributed by atoms with van der Waals surface area (Å²) in [5, 5.41) is 6.26. The number of amides is 1. The van der Waals surface area contributed by atoms with Gasteiger partial charge in [0.2, 0.25) is 5.91 Å². The largest absolute Gasteiger partial charge is 0.384 e. The van der Waals surface area contributed by atoms with Crippen molar-refractivity contribution >= 4 is 17.3 Å². The summed E-state index contributed by atoms with van der Waals surface area (Å²) >= 11 is 0. The molecule has 4 nitrogen and oxygen atoms in total. The molecule has 1 aromatic carbocycles. The van der Waals surface area contributed by atoms with Gasteiger partial charge in [0, 0.05) is 12.2 Å². The monoisotopic (exact) mass is 325 g/mol. The number of rotatable bonds is 4. The number of halogens is 1. The summed E-state index contributed by atoms with van der Waals surface area (Å²) in [5.41, 5.74) is 3.60. The number of hydrogen-bond donors (Lipinski definition) is 2. The predicted molar refractivity (Wildman–Crippen MR) is 91.5 cm³/mol. The Labute approximate surface area is 140 Å². The quantitative estimate of drug-likeness (QED) is 0.901. The van der Waals surface area contributed by atoms with Gasteiger partial charge < -0.3 is 10.6 Å². The van der Waals surface area contributed by atoms with E-state index in [9.17, 15) is 9.18 Å². The number of anilines is 2. The first kappa shape index (κ1) is 15.1. The lowest BCUT2D eigenvalue weighted by molar-refractivity contribution is -0.118. The predicted octanol–water partition coefficient (Wildman–Crippen LogP) is 3.71. The summed E-state index contributed by atoms with van der Waals surface area (Å²) in [6, 6.07) is 9.87. The molecule has 2 heterocycles. The SMILES string of the molecule is O=C(Nc1ccc(F)cc1)C(c1ccc2c(n1)CCCN2)C1CC1. The maximum absolute atomic E-state index is 13.0. The van der Waals surface area contributed by atoms with Crippen LogP contribution in [0.3, 0.4) is 0 Å². The van der Waals surface area contributed by atoms with E-state index in [1.165, 1.54) is 12.1 Å². The molecule has 0 radical (unpaired) electrons. The fraction of sp³-hybridized carbons (Fsp3) is 0.368. The van der Waals surface area contributed by atoms with Crippen molar-refractivity contribution in [2.24, 2.45) is 5.92 Å². The second-order valence-electron chi connectivity index (χ2n) is 6.57. The van der Waals surface area contributed by atoms with Crippen LogP contribution in [-0.4, -0.2) is 17.4 Å². The molecule has 1 amide bonds. The zero-order valence-electron chi connectivity index (χ0n) is 13.4. The molecule has 1 unspecified atom stereocenters. The molecule has 24 heavy (non-hydrogen) atoms. The number of carbonyl (C=O) groups is 1. The summed E-state index contributed by atoms with van der Waals surface area (Å²) in [4.78, 5) is 17.6. The van der Waals surface area contributed by atoms with E-state index >= 15 is 0 Å². The van der Waals surface area contributed by atoms with Crippen LogP contribution in [0.1, 0.15) is 36.6 Å². The van der Waals surface area contributed by atoms with Crippen LogP contribution < -0.4 is 10.6 Å². The first-order valence-corrected chi connectivity index (χ1v) is 8.51. The molecule has 0 bridgehead atoms. The molecule has 1 atom stereocenters. The fourth-order valence-electron chi connectivity index (χ4n) is 3.29. The standard InChI is InChI=1S/C19H20FN3O/c20-13-5-7-14(8-6-13)22-19(24)18(12-3-4-12)17-10-9-15-16(23-17)2-1-11-21-15/h5-10,12,18,21H,1-4,11H2,(H,22,24). The molecule has 1 aliphatic heterocycles. The molecular weight excluding hydrogens is 305 g/mol. The molecule has 1 aromatic heterocycles. The van der Waals surface area contributed by atoms with E-state index in [0.29, 0.717) is 11.6 Å². The van der Waals surface area contributed by atoms with Gasteiger partial charge in [-0.15, -0.1) is 0 Å². The van der Waals surface area contributed by atoms with Crippen LogP contribution in [0.2, 0.25) is 0 Å². The maximum atomic E-state index is 13.0. The minimum atomic E-state index is -0.310. The van der Waals surface area contributed by atoms with E-state index in [1.54, 1.807) is 12.1 Å². The third-order valence-electron chi connectivity index (χ3n) is 4.71. The van der Waals surface area contributed by atoms with Crippen molar-refractivity contribution in [2.45, 2.75) is 31.6 Å². The van der Waals surface area contributed by atoms with Crippen molar-refractivity contribution in [1.29, 1.82) is 0 Å². The Balaban J connectivity index is 1.57. The summed E-state index contributed by atoms with van der Waals surface area (Å²) in [6.07, 6.45) is 4.13. The minimum absolute atomic E-state index is 0.0553. The van der Waals surface area contributed by atoms with Gasteiger partial charge in [-0.3, -0.25) is 9.78 Å². The van der Waals surface area contributed by atoms with E-state index in [4.69, 9.17) is 4.98 Å². The number of hydrogen-bond acceptors (Lipinski definition) is 3. The van der Waals surface area contributed by atoms with Gasteiger partial charge in [0.05, 0.1) is 23.0 Å². The average molecular weight is 325 g/mol. The van der Waals surface area contributed by atoms with Crippen molar-refractivity contribution in [2.75, 3.05) is 17.2 Å². The number of nitrogens with one attached hydrogen (secondary N) is 2. The molecule has 5 heteroatoms. The zero-order chi connectivity index (χ0) is 16.5. The van der Waals surface area contributed by atoms with Crippen LogP contribution in [0.5, 0.6) is 0 Å². The summed E-state index contributed by atoms with van der Waals surface area (Å²) in [6.45, 7) is 0.977. The molecule has 124 valence electrons. The fourth-order valence-corrected chi connectivity index (χ4v) is 3.29. The molecule has 2 aromatic rings. The van der Waals surface area contributed by atoms with Crippen molar-refractivity contribution in [3.8, 4) is 0 Å². The molecule has 0 saturated heterocycles. The van der Waals surface area contributed by atoms with E-state index in [2.05, 4.69) is 10.6 Å². The third kappa shape index (κ3) is 3.11. The Morgan fingerprint density at radius 3 is 2.75 bits per heavy atom. The van der Waals surface area contributed by atoms with E-state index < -0.39 is 0 Å². The highest BCUT2D eigenvalue weighted by Crippen LogP contribution is 2.43. The van der Waals surface area contributed by atoms with Gasteiger partial charge in [0.15, 0.2) is 0 Å². The van der Waals surface area contributed by atoms with Gasteiger partial charge in [0.25, 0.3) is 0 Å². The van der Waals surface area contributed by atoms with E-state index in [-0.39, 0.29) is 17.6 Å². The van der Waals surface area contributed by atoms with Gasteiger partial charge in [0.1, 0.15) is 5.82 Å². The van der Waals surface area contributed by atoms with E-state index in [1.807, 2.05) is 12.1 Å². The van der Waals surface area contributed by atoms with Gasteiger partial charge in [-0.2, -0.15) is 0 Å². The Morgan fingerprint density at radius 1 is 1.21 bits per heavy atom. The number of benzene rings is 1. The molecule has 1 aliphatic carbocycles. The molecule has 4 rings (SSSR count).